The molecular weight excluding hydrogens is 266 g/mol. The molecular formula is C13H18F2N4O. The lowest BCUT2D eigenvalue weighted by Gasteiger charge is -2.36. The van der Waals surface area contributed by atoms with Crippen LogP contribution >= 0.6 is 0 Å². The number of hydrogen-bond acceptors (Lipinski definition) is 3. The molecule has 0 aliphatic carbocycles. The summed E-state index contributed by atoms with van der Waals surface area (Å²) in [6.45, 7) is 5.22. The van der Waals surface area contributed by atoms with Crippen LogP contribution in [0.15, 0.2) is 6.07 Å². The van der Waals surface area contributed by atoms with Crippen LogP contribution in [0.1, 0.15) is 24.6 Å². The van der Waals surface area contributed by atoms with Crippen LogP contribution in [0, 0.1) is 19.8 Å². The molecule has 0 bridgehead atoms. The van der Waals surface area contributed by atoms with Gasteiger partial charge in [0.05, 0.1) is 5.69 Å². The van der Waals surface area contributed by atoms with Crippen LogP contribution in [0.2, 0.25) is 0 Å². The van der Waals surface area contributed by atoms with Crippen LogP contribution < -0.4 is 5.32 Å². The van der Waals surface area contributed by atoms with E-state index in [-0.39, 0.29) is 19.5 Å². The number of carbonyl (C=O) groups excluding carboxylic acids is 1. The molecule has 0 saturated carbocycles. The number of halogens is 2. The molecule has 1 aliphatic rings. The highest BCUT2D eigenvalue weighted by Crippen LogP contribution is 2.33. The Morgan fingerprint density at radius 3 is 2.75 bits per heavy atom. The van der Waals surface area contributed by atoms with E-state index in [1.54, 1.807) is 6.07 Å². The van der Waals surface area contributed by atoms with Crippen LogP contribution in [0.3, 0.4) is 0 Å². The van der Waals surface area contributed by atoms with Crippen molar-refractivity contribution in [1.82, 2.24) is 15.1 Å². The number of alkyl halides is 2. The highest BCUT2D eigenvalue weighted by molar-refractivity contribution is 5.88. The van der Waals surface area contributed by atoms with Crippen molar-refractivity contribution >= 4 is 11.8 Å². The summed E-state index contributed by atoms with van der Waals surface area (Å²) in [4.78, 5) is 13.4. The van der Waals surface area contributed by atoms with E-state index in [9.17, 15) is 13.6 Å². The molecule has 1 saturated heterocycles. The van der Waals surface area contributed by atoms with Gasteiger partial charge in [-0.3, -0.25) is 5.32 Å². The van der Waals surface area contributed by atoms with Crippen LogP contribution in [0.4, 0.5) is 19.4 Å². The first-order valence-electron chi connectivity index (χ1n) is 6.54. The van der Waals surface area contributed by atoms with Gasteiger partial charge in [0, 0.05) is 25.4 Å². The Labute approximate surface area is 116 Å². The van der Waals surface area contributed by atoms with Gasteiger partial charge >= 0.3 is 6.03 Å². The highest BCUT2D eigenvalue weighted by atomic mass is 19.3. The lowest BCUT2D eigenvalue weighted by molar-refractivity contribution is -0.0899. The zero-order valence-electron chi connectivity index (χ0n) is 11.8. The number of carbonyl (C=O) groups is 1. The molecule has 1 unspecified atom stereocenters. The second-order valence-electron chi connectivity index (χ2n) is 5.29. The SMILES string of the molecule is Cc1cc(NC(=O)N2CCC(F)(F)C(C)C2)nnc1C. The molecule has 1 aromatic heterocycles. The average molecular weight is 284 g/mol. The van der Waals surface area contributed by atoms with E-state index in [1.807, 2.05) is 13.8 Å². The number of likely N-dealkylation sites (tertiary alicyclic amines) is 1. The number of rotatable bonds is 1. The Hall–Kier alpha value is -1.79. The molecule has 1 fully saturated rings. The van der Waals surface area contributed by atoms with E-state index in [4.69, 9.17) is 0 Å². The second kappa shape index (κ2) is 5.30. The maximum Gasteiger partial charge on any atom is 0.323 e. The number of piperidine rings is 1. The third-order valence-electron chi connectivity index (χ3n) is 3.68. The number of amides is 2. The third kappa shape index (κ3) is 3.02. The van der Waals surface area contributed by atoms with Gasteiger partial charge < -0.3 is 4.90 Å². The molecule has 0 aromatic carbocycles. The van der Waals surface area contributed by atoms with Gasteiger partial charge in [0.1, 0.15) is 0 Å². The molecule has 1 atom stereocenters. The molecule has 1 aliphatic heterocycles. The summed E-state index contributed by atoms with van der Waals surface area (Å²) >= 11 is 0. The van der Waals surface area contributed by atoms with Crippen molar-refractivity contribution < 1.29 is 13.6 Å². The van der Waals surface area contributed by atoms with Crippen molar-refractivity contribution in [2.45, 2.75) is 33.1 Å². The summed E-state index contributed by atoms with van der Waals surface area (Å²) < 4.78 is 26.8. The van der Waals surface area contributed by atoms with Crippen molar-refractivity contribution in [3.8, 4) is 0 Å². The molecule has 110 valence electrons. The average Bonchev–Trinajstić information content (AvgIpc) is 2.37. The summed E-state index contributed by atoms with van der Waals surface area (Å²) in [5.74, 6) is -3.20. The van der Waals surface area contributed by atoms with Gasteiger partial charge in [0.2, 0.25) is 0 Å². The highest BCUT2D eigenvalue weighted by Gasteiger charge is 2.42. The molecule has 0 radical (unpaired) electrons. The number of aromatic nitrogens is 2. The second-order valence-corrected chi connectivity index (χ2v) is 5.29. The molecule has 0 spiro atoms. The monoisotopic (exact) mass is 284 g/mol. The van der Waals surface area contributed by atoms with Crippen molar-refractivity contribution in [2.24, 2.45) is 5.92 Å². The lowest BCUT2D eigenvalue weighted by Crippen LogP contribution is -2.49. The Balaban J connectivity index is 2.00. The topological polar surface area (TPSA) is 58.1 Å². The van der Waals surface area contributed by atoms with Crippen molar-refractivity contribution in [3.05, 3.63) is 17.3 Å². The quantitative estimate of drug-likeness (QED) is 0.862. The van der Waals surface area contributed by atoms with E-state index in [0.717, 1.165) is 11.3 Å². The van der Waals surface area contributed by atoms with Crippen molar-refractivity contribution in [2.75, 3.05) is 18.4 Å². The third-order valence-corrected chi connectivity index (χ3v) is 3.68. The Morgan fingerprint density at radius 1 is 1.45 bits per heavy atom. The van der Waals surface area contributed by atoms with Gasteiger partial charge in [-0.1, -0.05) is 6.92 Å². The predicted octanol–water partition coefficient (Wildman–Crippen LogP) is 2.60. The molecule has 2 heterocycles. The first-order valence-corrected chi connectivity index (χ1v) is 6.54. The van der Waals surface area contributed by atoms with Crippen LogP contribution in [0.5, 0.6) is 0 Å². The summed E-state index contributed by atoms with van der Waals surface area (Å²) in [7, 11) is 0. The maximum absolute atomic E-state index is 13.4. The lowest BCUT2D eigenvalue weighted by atomic mass is 9.96. The normalized spacial score (nSPS) is 21.6. The minimum atomic E-state index is -2.70. The number of hydrogen-bond donors (Lipinski definition) is 1. The molecule has 1 N–H and O–H groups in total. The molecule has 2 amide bonds. The van der Waals surface area contributed by atoms with Gasteiger partial charge in [-0.25, -0.2) is 13.6 Å². The number of nitrogens with one attached hydrogen (secondary N) is 1. The van der Waals surface area contributed by atoms with Crippen LogP contribution in [-0.4, -0.2) is 40.1 Å². The van der Waals surface area contributed by atoms with E-state index in [2.05, 4.69) is 15.5 Å². The van der Waals surface area contributed by atoms with E-state index in [1.165, 1.54) is 11.8 Å². The number of aryl methyl sites for hydroxylation is 2. The standard InChI is InChI=1S/C13H18F2N4O/c1-8-6-11(18-17-10(8)3)16-12(20)19-5-4-13(14,15)9(2)7-19/h6,9H,4-5,7H2,1-3H3,(H,16,18,20). The predicted molar refractivity (Wildman–Crippen MR) is 70.8 cm³/mol. The molecule has 1 aromatic rings. The zero-order valence-corrected chi connectivity index (χ0v) is 11.8. The minimum Gasteiger partial charge on any atom is -0.324 e. The fourth-order valence-electron chi connectivity index (χ4n) is 2.07. The minimum absolute atomic E-state index is 0.0388. The summed E-state index contributed by atoms with van der Waals surface area (Å²) in [5.41, 5.74) is 1.70. The zero-order chi connectivity index (χ0) is 14.9. The smallest absolute Gasteiger partial charge is 0.323 e. The Kier molecular flexibility index (Phi) is 3.87. The molecule has 20 heavy (non-hydrogen) atoms. The Bertz CT molecular complexity index is 521. The van der Waals surface area contributed by atoms with Crippen molar-refractivity contribution in [3.63, 3.8) is 0 Å². The summed E-state index contributed by atoms with van der Waals surface area (Å²) in [6, 6.07) is 1.30. The van der Waals surface area contributed by atoms with E-state index >= 15 is 0 Å². The van der Waals surface area contributed by atoms with Gasteiger partial charge in [-0.15, -0.1) is 5.10 Å². The maximum atomic E-state index is 13.4. The molecule has 5 nitrogen and oxygen atoms in total. The first-order chi connectivity index (χ1) is 9.29. The van der Waals surface area contributed by atoms with E-state index in [0.29, 0.717) is 5.82 Å². The van der Waals surface area contributed by atoms with Crippen molar-refractivity contribution in [1.29, 1.82) is 0 Å². The van der Waals surface area contributed by atoms with E-state index < -0.39 is 17.9 Å². The molecule has 2 rings (SSSR count). The largest absolute Gasteiger partial charge is 0.324 e. The first kappa shape index (κ1) is 14.6. The van der Waals surface area contributed by atoms with Crippen LogP contribution in [0.25, 0.3) is 0 Å². The Morgan fingerprint density at radius 2 is 2.15 bits per heavy atom. The number of anilines is 1. The van der Waals surface area contributed by atoms with Gasteiger partial charge in [-0.05, 0) is 25.5 Å². The van der Waals surface area contributed by atoms with Gasteiger partial charge in [0.15, 0.2) is 5.82 Å². The number of urea groups is 1. The number of nitrogens with zero attached hydrogens (tertiary/aromatic N) is 3. The summed E-state index contributed by atoms with van der Waals surface area (Å²) in [5, 5.41) is 10.4. The van der Waals surface area contributed by atoms with Gasteiger partial charge in [0.25, 0.3) is 5.92 Å². The summed E-state index contributed by atoms with van der Waals surface area (Å²) in [6.07, 6.45) is -0.305. The fraction of sp³-hybridized carbons (Fsp3) is 0.615. The fourth-order valence-corrected chi connectivity index (χ4v) is 2.07. The van der Waals surface area contributed by atoms with Crippen LogP contribution in [-0.2, 0) is 0 Å². The molecule has 7 heteroatoms. The van der Waals surface area contributed by atoms with Gasteiger partial charge in [-0.2, -0.15) is 5.10 Å².